The molecule has 2 heterocycles. The normalized spacial score (nSPS) is 16.9. The van der Waals surface area contributed by atoms with Gasteiger partial charge in [-0.25, -0.2) is 0 Å². The van der Waals surface area contributed by atoms with Crippen LogP contribution in [-0.2, 0) is 11.8 Å². The van der Waals surface area contributed by atoms with Crippen molar-refractivity contribution in [3.63, 3.8) is 0 Å². The van der Waals surface area contributed by atoms with E-state index in [2.05, 4.69) is 5.32 Å². The summed E-state index contributed by atoms with van der Waals surface area (Å²) in [5, 5.41) is 4.11. The summed E-state index contributed by atoms with van der Waals surface area (Å²) in [5.74, 6) is -0.206. The zero-order valence-corrected chi connectivity index (χ0v) is 16.3. The highest BCUT2D eigenvalue weighted by atomic mass is 16.2. The van der Waals surface area contributed by atoms with E-state index < -0.39 is 0 Å². The van der Waals surface area contributed by atoms with Crippen LogP contribution in [0.5, 0.6) is 0 Å². The SMILES string of the molecule is Cc1ccc(C(=O)N2CCCC(C(=O)Nc3cccc4c3ccn4C)C2)cc1. The average molecular weight is 375 g/mol. The number of rotatable bonds is 3. The molecule has 1 aliphatic rings. The lowest BCUT2D eigenvalue weighted by Gasteiger charge is -2.32. The zero-order chi connectivity index (χ0) is 19.7. The molecule has 0 aliphatic carbocycles. The molecule has 5 nitrogen and oxygen atoms in total. The predicted molar refractivity (Wildman–Crippen MR) is 111 cm³/mol. The first kappa shape index (κ1) is 18.3. The van der Waals surface area contributed by atoms with E-state index in [0.29, 0.717) is 18.7 Å². The van der Waals surface area contributed by atoms with Gasteiger partial charge in [-0.1, -0.05) is 23.8 Å². The highest BCUT2D eigenvalue weighted by molar-refractivity contribution is 6.02. The maximum Gasteiger partial charge on any atom is 0.253 e. The third-order valence-corrected chi connectivity index (χ3v) is 5.56. The molecule has 0 saturated carbocycles. The van der Waals surface area contributed by atoms with Crippen LogP contribution in [0, 0.1) is 12.8 Å². The maximum atomic E-state index is 12.9. The lowest BCUT2D eigenvalue weighted by Crippen LogP contribution is -2.43. The first-order valence-corrected chi connectivity index (χ1v) is 9.74. The van der Waals surface area contributed by atoms with Gasteiger partial charge in [0.25, 0.3) is 5.91 Å². The second kappa shape index (κ2) is 7.50. The molecule has 5 heteroatoms. The van der Waals surface area contributed by atoms with Gasteiger partial charge >= 0.3 is 0 Å². The van der Waals surface area contributed by atoms with Crippen molar-refractivity contribution in [3.05, 3.63) is 65.9 Å². The summed E-state index contributed by atoms with van der Waals surface area (Å²) >= 11 is 0. The van der Waals surface area contributed by atoms with Gasteiger partial charge in [0.15, 0.2) is 0 Å². The van der Waals surface area contributed by atoms with Gasteiger partial charge in [-0.2, -0.15) is 0 Å². The van der Waals surface area contributed by atoms with E-state index >= 15 is 0 Å². The van der Waals surface area contributed by atoms with Crippen molar-refractivity contribution >= 4 is 28.4 Å². The number of fused-ring (bicyclic) bond motifs is 1. The quantitative estimate of drug-likeness (QED) is 0.753. The molecule has 1 aliphatic heterocycles. The monoisotopic (exact) mass is 375 g/mol. The Morgan fingerprint density at radius 1 is 1.07 bits per heavy atom. The van der Waals surface area contributed by atoms with Crippen molar-refractivity contribution in [1.82, 2.24) is 9.47 Å². The van der Waals surface area contributed by atoms with E-state index in [-0.39, 0.29) is 17.7 Å². The second-order valence-corrected chi connectivity index (χ2v) is 7.61. The van der Waals surface area contributed by atoms with E-state index in [0.717, 1.165) is 35.0 Å². The largest absolute Gasteiger partial charge is 0.350 e. The van der Waals surface area contributed by atoms with Crippen LogP contribution >= 0.6 is 0 Å². The number of anilines is 1. The second-order valence-electron chi connectivity index (χ2n) is 7.61. The van der Waals surface area contributed by atoms with Crippen molar-refractivity contribution in [3.8, 4) is 0 Å². The minimum absolute atomic E-state index is 0.00246. The average Bonchev–Trinajstić information content (AvgIpc) is 3.10. The number of nitrogens with one attached hydrogen (secondary N) is 1. The van der Waals surface area contributed by atoms with Crippen LogP contribution in [0.25, 0.3) is 10.9 Å². The number of carbonyl (C=O) groups is 2. The van der Waals surface area contributed by atoms with Gasteiger partial charge in [0, 0.05) is 42.8 Å². The number of likely N-dealkylation sites (tertiary alicyclic amines) is 1. The van der Waals surface area contributed by atoms with Gasteiger partial charge in [-0.15, -0.1) is 0 Å². The van der Waals surface area contributed by atoms with Crippen molar-refractivity contribution < 1.29 is 9.59 Å². The molecule has 0 spiro atoms. The topological polar surface area (TPSA) is 54.3 Å². The molecular formula is C23H25N3O2. The third kappa shape index (κ3) is 3.52. The summed E-state index contributed by atoms with van der Waals surface area (Å²) in [6.07, 6.45) is 3.63. The van der Waals surface area contributed by atoms with Crippen LogP contribution in [0.4, 0.5) is 5.69 Å². The van der Waals surface area contributed by atoms with Crippen molar-refractivity contribution in [2.45, 2.75) is 19.8 Å². The van der Waals surface area contributed by atoms with E-state index in [1.165, 1.54) is 0 Å². The van der Waals surface area contributed by atoms with E-state index in [1.54, 1.807) is 0 Å². The van der Waals surface area contributed by atoms with Gasteiger partial charge in [-0.05, 0) is 50.1 Å². The number of hydrogen-bond donors (Lipinski definition) is 1. The Kier molecular flexibility index (Phi) is 4.90. The molecular weight excluding hydrogens is 350 g/mol. The molecule has 28 heavy (non-hydrogen) atoms. The fourth-order valence-electron chi connectivity index (χ4n) is 3.90. The maximum absolute atomic E-state index is 12.9. The smallest absolute Gasteiger partial charge is 0.253 e. The highest BCUT2D eigenvalue weighted by Crippen LogP contribution is 2.26. The molecule has 144 valence electrons. The zero-order valence-electron chi connectivity index (χ0n) is 16.3. The van der Waals surface area contributed by atoms with E-state index in [1.807, 2.05) is 78.2 Å². The van der Waals surface area contributed by atoms with E-state index in [4.69, 9.17) is 0 Å². The Labute approximate surface area is 165 Å². The molecule has 1 unspecified atom stereocenters. The van der Waals surface area contributed by atoms with E-state index in [9.17, 15) is 9.59 Å². The summed E-state index contributed by atoms with van der Waals surface area (Å²) in [4.78, 5) is 27.5. The number of hydrogen-bond acceptors (Lipinski definition) is 2. The van der Waals surface area contributed by atoms with Gasteiger partial charge in [0.1, 0.15) is 0 Å². The molecule has 1 atom stereocenters. The summed E-state index contributed by atoms with van der Waals surface area (Å²) in [6.45, 7) is 3.16. The minimum Gasteiger partial charge on any atom is -0.350 e. The van der Waals surface area contributed by atoms with Gasteiger partial charge in [-0.3, -0.25) is 9.59 Å². The van der Waals surface area contributed by atoms with Gasteiger partial charge in [0.2, 0.25) is 5.91 Å². The fraction of sp³-hybridized carbons (Fsp3) is 0.304. The number of aromatic nitrogens is 1. The molecule has 2 aromatic carbocycles. The minimum atomic E-state index is -0.192. The summed E-state index contributed by atoms with van der Waals surface area (Å²) in [6, 6.07) is 15.5. The highest BCUT2D eigenvalue weighted by Gasteiger charge is 2.29. The molecule has 1 saturated heterocycles. The number of benzene rings is 2. The summed E-state index contributed by atoms with van der Waals surface area (Å²) in [5.41, 5.74) is 3.71. The van der Waals surface area contributed by atoms with Gasteiger partial charge < -0.3 is 14.8 Å². The Balaban J connectivity index is 1.47. The molecule has 1 aromatic heterocycles. The number of nitrogens with zero attached hydrogens (tertiary/aromatic N) is 2. The first-order valence-electron chi connectivity index (χ1n) is 9.74. The molecule has 1 N–H and O–H groups in total. The van der Waals surface area contributed by atoms with Crippen LogP contribution in [0.15, 0.2) is 54.7 Å². The van der Waals surface area contributed by atoms with Crippen LogP contribution in [0.3, 0.4) is 0 Å². The number of carbonyl (C=O) groups excluding carboxylic acids is 2. The molecule has 2 amide bonds. The van der Waals surface area contributed by atoms with Crippen molar-refractivity contribution in [2.75, 3.05) is 18.4 Å². The number of aryl methyl sites for hydroxylation is 2. The third-order valence-electron chi connectivity index (χ3n) is 5.56. The fourth-order valence-corrected chi connectivity index (χ4v) is 3.90. The lowest BCUT2D eigenvalue weighted by atomic mass is 9.96. The Bertz CT molecular complexity index is 1020. The molecule has 1 fully saturated rings. The summed E-state index contributed by atoms with van der Waals surface area (Å²) in [7, 11) is 1.99. The Hall–Kier alpha value is -3.08. The molecule has 0 bridgehead atoms. The van der Waals surface area contributed by atoms with Crippen molar-refractivity contribution in [1.29, 1.82) is 0 Å². The van der Waals surface area contributed by atoms with Crippen LogP contribution in [0.1, 0.15) is 28.8 Å². The van der Waals surface area contributed by atoms with Crippen LogP contribution in [0.2, 0.25) is 0 Å². The molecule has 4 rings (SSSR count). The first-order chi connectivity index (χ1) is 13.5. The Morgan fingerprint density at radius 3 is 2.64 bits per heavy atom. The van der Waals surface area contributed by atoms with Crippen molar-refractivity contribution in [2.24, 2.45) is 13.0 Å². The predicted octanol–water partition coefficient (Wildman–Crippen LogP) is 3.98. The van der Waals surface area contributed by atoms with Crippen LogP contribution < -0.4 is 5.32 Å². The Morgan fingerprint density at radius 2 is 1.86 bits per heavy atom. The molecule has 3 aromatic rings. The summed E-state index contributed by atoms with van der Waals surface area (Å²) < 4.78 is 2.04. The molecule has 0 radical (unpaired) electrons. The number of amides is 2. The van der Waals surface area contributed by atoms with Gasteiger partial charge in [0.05, 0.1) is 11.6 Å². The standard InChI is InChI=1S/C23H25N3O2/c1-16-8-10-17(11-9-16)23(28)26-13-4-5-18(15-26)22(27)24-20-6-3-7-21-19(20)12-14-25(21)2/h3,6-12,14,18H,4-5,13,15H2,1-2H3,(H,24,27). The van der Waals surface area contributed by atoms with Crippen LogP contribution in [-0.4, -0.2) is 34.4 Å². The lowest BCUT2D eigenvalue weighted by molar-refractivity contribution is -0.121. The number of piperidine rings is 1.